The predicted octanol–water partition coefficient (Wildman–Crippen LogP) is 2.81. The van der Waals surface area contributed by atoms with E-state index in [1.807, 2.05) is 30.3 Å². The largest absolute Gasteiger partial charge is 0.317 e. The zero-order chi connectivity index (χ0) is 13.1. The van der Waals surface area contributed by atoms with E-state index in [1.54, 1.807) is 16.9 Å². The van der Waals surface area contributed by atoms with Gasteiger partial charge in [-0.2, -0.15) is 5.10 Å². The van der Waals surface area contributed by atoms with Gasteiger partial charge in [-0.05, 0) is 50.6 Å². The number of nitrogens with one attached hydrogen (secondary N) is 1. The number of hydrogen-bond acceptors (Lipinski definition) is 2. The lowest BCUT2D eigenvalue weighted by molar-refractivity contribution is 0.135. The lowest BCUT2D eigenvalue weighted by atomic mass is 9.93. The fourth-order valence-electron chi connectivity index (χ4n) is 2.70. The zero-order valence-corrected chi connectivity index (χ0v) is 10.8. The average Bonchev–Trinajstić information content (AvgIpc) is 2.84. The first kappa shape index (κ1) is 12.4. The van der Waals surface area contributed by atoms with Crippen LogP contribution in [0.25, 0.3) is 5.69 Å². The molecule has 1 aliphatic heterocycles. The Hall–Kier alpha value is -1.68. The van der Waals surface area contributed by atoms with Gasteiger partial charge in [0.1, 0.15) is 0 Å². The SMILES string of the molecule is FC1(c2ccnn2-c2ccccc2)CCCNCC1. The van der Waals surface area contributed by atoms with Gasteiger partial charge in [0.05, 0.1) is 11.4 Å². The van der Waals surface area contributed by atoms with Crippen molar-refractivity contribution in [2.75, 3.05) is 13.1 Å². The van der Waals surface area contributed by atoms with Crippen LogP contribution in [0.3, 0.4) is 0 Å². The molecule has 0 saturated carbocycles. The molecule has 100 valence electrons. The van der Waals surface area contributed by atoms with Gasteiger partial charge in [-0.25, -0.2) is 9.07 Å². The van der Waals surface area contributed by atoms with Crippen molar-refractivity contribution < 1.29 is 4.39 Å². The zero-order valence-electron chi connectivity index (χ0n) is 10.8. The van der Waals surface area contributed by atoms with E-state index in [1.165, 1.54) is 0 Å². The maximum absolute atomic E-state index is 15.2. The highest BCUT2D eigenvalue weighted by Crippen LogP contribution is 2.36. The van der Waals surface area contributed by atoms with Gasteiger partial charge in [-0.15, -0.1) is 0 Å². The molecule has 0 bridgehead atoms. The molecule has 2 heterocycles. The number of aromatic nitrogens is 2. The summed E-state index contributed by atoms with van der Waals surface area (Å²) in [5, 5.41) is 7.55. The summed E-state index contributed by atoms with van der Waals surface area (Å²) < 4.78 is 17.0. The molecule has 3 rings (SSSR count). The number of halogens is 1. The van der Waals surface area contributed by atoms with E-state index in [-0.39, 0.29) is 0 Å². The Balaban J connectivity index is 1.99. The summed E-state index contributed by atoms with van der Waals surface area (Å²) in [7, 11) is 0. The van der Waals surface area contributed by atoms with Crippen molar-refractivity contribution in [3.8, 4) is 5.69 Å². The molecule has 1 N–H and O–H groups in total. The van der Waals surface area contributed by atoms with E-state index in [9.17, 15) is 0 Å². The Morgan fingerprint density at radius 1 is 1.11 bits per heavy atom. The lowest BCUT2D eigenvalue weighted by Crippen LogP contribution is -2.25. The topological polar surface area (TPSA) is 29.9 Å². The van der Waals surface area contributed by atoms with Gasteiger partial charge < -0.3 is 5.32 Å². The van der Waals surface area contributed by atoms with E-state index in [2.05, 4.69) is 10.4 Å². The molecule has 1 aromatic carbocycles. The van der Waals surface area contributed by atoms with Crippen LogP contribution in [0.5, 0.6) is 0 Å². The summed E-state index contributed by atoms with van der Waals surface area (Å²) in [6.07, 6.45) is 3.60. The molecule has 3 nitrogen and oxygen atoms in total. The Labute approximate surface area is 112 Å². The van der Waals surface area contributed by atoms with Crippen molar-refractivity contribution >= 4 is 0 Å². The molecule has 0 aliphatic carbocycles. The van der Waals surface area contributed by atoms with Crippen LogP contribution in [0.1, 0.15) is 25.0 Å². The molecule has 1 aliphatic rings. The normalized spacial score (nSPS) is 24.1. The van der Waals surface area contributed by atoms with Crippen LogP contribution < -0.4 is 5.32 Å². The monoisotopic (exact) mass is 259 g/mol. The van der Waals surface area contributed by atoms with E-state index in [0.29, 0.717) is 18.5 Å². The number of nitrogens with zero attached hydrogens (tertiary/aromatic N) is 2. The van der Waals surface area contributed by atoms with E-state index in [4.69, 9.17) is 0 Å². The molecule has 1 unspecified atom stereocenters. The standard InChI is InChI=1S/C15H18FN3/c16-15(8-4-10-17-12-9-15)14-7-11-18-19(14)13-5-2-1-3-6-13/h1-3,5-7,11,17H,4,8-10,12H2. The average molecular weight is 259 g/mol. The van der Waals surface area contributed by atoms with Crippen molar-refractivity contribution in [1.82, 2.24) is 15.1 Å². The second kappa shape index (κ2) is 5.13. The third-order valence-electron chi connectivity index (χ3n) is 3.73. The van der Waals surface area contributed by atoms with Gasteiger partial charge in [0.15, 0.2) is 5.67 Å². The Kier molecular flexibility index (Phi) is 3.34. The van der Waals surface area contributed by atoms with Gasteiger partial charge in [0, 0.05) is 6.20 Å². The Morgan fingerprint density at radius 2 is 1.95 bits per heavy atom. The molecule has 0 spiro atoms. The summed E-state index contributed by atoms with van der Waals surface area (Å²) in [6.45, 7) is 1.61. The second-order valence-electron chi connectivity index (χ2n) is 5.03. The third-order valence-corrected chi connectivity index (χ3v) is 3.73. The van der Waals surface area contributed by atoms with E-state index in [0.717, 1.165) is 25.2 Å². The highest BCUT2D eigenvalue weighted by atomic mass is 19.1. The molecular formula is C15H18FN3. The summed E-state index contributed by atoms with van der Waals surface area (Å²) >= 11 is 0. The first-order chi connectivity index (χ1) is 9.30. The van der Waals surface area contributed by atoms with Crippen molar-refractivity contribution in [3.05, 3.63) is 48.3 Å². The van der Waals surface area contributed by atoms with Gasteiger partial charge in [0.25, 0.3) is 0 Å². The Morgan fingerprint density at radius 3 is 2.79 bits per heavy atom. The van der Waals surface area contributed by atoms with Crippen LogP contribution in [-0.4, -0.2) is 22.9 Å². The first-order valence-corrected chi connectivity index (χ1v) is 6.79. The molecular weight excluding hydrogens is 241 g/mol. The van der Waals surface area contributed by atoms with Gasteiger partial charge in [0.2, 0.25) is 0 Å². The van der Waals surface area contributed by atoms with Crippen molar-refractivity contribution in [1.29, 1.82) is 0 Å². The van der Waals surface area contributed by atoms with Crippen LogP contribution in [-0.2, 0) is 5.67 Å². The highest BCUT2D eigenvalue weighted by molar-refractivity contribution is 5.34. The minimum absolute atomic E-state index is 0.505. The van der Waals surface area contributed by atoms with E-state index < -0.39 is 5.67 Å². The van der Waals surface area contributed by atoms with Gasteiger partial charge >= 0.3 is 0 Å². The number of para-hydroxylation sites is 1. The second-order valence-corrected chi connectivity index (χ2v) is 5.03. The number of rotatable bonds is 2. The predicted molar refractivity (Wildman–Crippen MR) is 73.1 cm³/mol. The molecule has 4 heteroatoms. The molecule has 0 radical (unpaired) electrons. The number of hydrogen-bond donors (Lipinski definition) is 1. The van der Waals surface area contributed by atoms with Crippen LogP contribution >= 0.6 is 0 Å². The molecule has 0 amide bonds. The van der Waals surface area contributed by atoms with Crippen LogP contribution in [0.2, 0.25) is 0 Å². The van der Waals surface area contributed by atoms with Gasteiger partial charge in [-0.1, -0.05) is 18.2 Å². The molecule has 1 aromatic heterocycles. The lowest BCUT2D eigenvalue weighted by Gasteiger charge is -2.24. The minimum Gasteiger partial charge on any atom is -0.317 e. The smallest absolute Gasteiger partial charge is 0.154 e. The maximum atomic E-state index is 15.2. The van der Waals surface area contributed by atoms with Crippen LogP contribution in [0, 0.1) is 0 Å². The van der Waals surface area contributed by atoms with Crippen molar-refractivity contribution in [3.63, 3.8) is 0 Å². The molecule has 1 fully saturated rings. The fourth-order valence-corrected chi connectivity index (χ4v) is 2.70. The molecule has 19 heavy (non-hydrogen) atoms. The maximum Gasteiger partial charge on any atom is 0.154 e. The Bertz CT molecular complexity index is 527. The fraction of sp³-hybridized carbons (Fsp3) is 0.400. The summed E-state index contributed by atoms with van der Waals surface area (Å²) in [5.41, 5.74) is 0.301. The van der Waals surface area contributed by atoms with Crippen molar-refractivity contribution in [2.24, 2.45) is 0 Å². The summed E-state index contributed by atoms with van der Waals surface area (Å²) in [4.78, 5) is 0. The van der Waals surface area contributed by atoms with Crippen LogP contribution in [0.4, 0.5) is 4.39 Å². The summed E-state index contributed by atoms with van der Waals surface area (Å²) in [6, 6.07) is 11.6. The van der Waals surface area contributed by atoms with E-state index >= 15 is 4.39 Å². The van der Waals surface area contributed by atoms with Crippen molar-refractivity contribution in [2.45, 2.75) is 24.9 Å². The molecule has 1 saturated heterocycles. The van der Waals surface area contributed by atoms with Crippen LogP contribution in [0.15, 0.2) is 42.6 Å². The molecule has 2 aromatic rings. The minimum atomic E-state index is -1.28. The van der Waals surface area contributed by atoms with Gasteiger partial charge in [-0.3, -0.25) is 0 Å². The highest BCUT2D eigenvalue weighted by Gasteiger charge is 2.35. The molecule has 1 atom stereocenters. The quantitative estimate of drug-likeness (QED) is 0.898. The number of alkyl halides is 1. The first-order valence-electron chi connectivity index (χ1n) is 6.79. The number of benzene rings is 1. The summed E-state index contributed by atoms with van der Waals surface area (Å²) in [5.74, 6) is 0. The third kappa shape index (κ3) is 2.40.